The van der Waals surface area contributed by atoms with Gasteiger partial charge < -0.3 is 14.8 Å². The standard InChI is InChI=1S/C25H24FN5O3/c1-16-11-12-18(15-20(16)26)24(32)28-25(31-22-10-5-4-9-21(22)29-30-31)27-23(34-3)14-17-7-6-8-19(13-17)33-2/h4-13,15,23H,14H2,1-3H3,(H,27,28,32). The monoisotopic (exact) mass is 461 g/mol. The van der Waals surface area contributed by atoms with Crippen LogP contribution in [0.1, 0.15) is 21.5 Å². The molecule has 4 aromatic rings. The number of aryl methyl sites for hydroxylation is 1. The van der Waals surface area contributed by atoms with Crippen molar-refractivity contribution in [3.63, 3.8) is 0 Å². The molecule has 0 spiro atoms. The third-order valence-electron chi connectivity index (χ3n) is 5.31. The lowest BCUT2D eigenvalue weighted by molar-refractivity contribution is 0.0895. The number of para-hydroxylation sites is 1. The Bertz CT molecular complexity index is 1350. The Labute approximate surface area is 196 Å². The van der Waals surface area contributed by atoms with E-state index in [1.807, 2.05) is 42.5 Å². The smallest absolute Gasteiger partial charge is 0.280 e. The number of hydrogen-bond donors (Lipinski definition) is 1. The second-order valence-electron chi connectivity index (χ2n) is 7.62. The number of carbonyl (C=O) groups is 1. The summed E-state index contributed by atoms with van der Waals surface area (Å²) in [6.07, 6.45) is -0.108. The van der Waals surface area contributed by atoms with Gasteiger partial charge in [-0.2, -0.15) is 9.67 Å². The van der Waals surface area contributed by atoms with Crippen LogP contribution in [0.3, 0.4) is 0 Å². The van der Waals surface area contributed by atoms with Crippen molar-refractivity contribution in [1.82, 2.24) is 20.3 Å². The molecule has 0 saturated carbocycles. The number of methoxy groups -OCH3 is 2. The number of benzene rings is 3. The molecular weight excluding hydrogens is 437 g/mol. The Morgan fingerprint density at radius 3 is 2.71 bits per heavy atom. The first-order valence-corrected chi connectivity index (χ1v) is 10.6. The van der Waals surface area contributed by atoms with Crippen molar-refractivity contribution in [1.29, 1.82) is 0 Å². The van der Waals surface area contributed by atoms with E-state index in [1.54, 1.807) is 27.2 Å². The van der Waals surface area contributed by atoms with Gasteiger partial charge in [0.05, 0.1) is 12.6 Å². The topological polar surface area (TPSA) is 90.6 Å². The van der Waals surface area contributed by atoms with E-state index in [4.69, 9.17) is 9.47 Å². The van der Waals surface area contributed by atoms with Crippen LogP contribution in [0.25, 0.3) is 11.0 Å². The van der Waals surface area contributed by atoms with Crippen LogP contribution in [0.4, 0.5) is 4.39 Å². The first-order valence-electron chi connectivity index (χ1n) is 10.6. The predicted octanol–water partition coefficient (Wildman–Crippen LogP) is 3.74. The minimum atomic E-state index is -0.628. The van der Waals surface area contributed by atoms with E-state index in [0.717, 1.165) is 11.3 Å². The van der Waals surface area contributed by atoms with Crippen molar-refractivity contribution < 1.29 is 18.7 Å². The highest BCUT2D eigenvalue weighted by atomic mass is 19.1. The molecule has 8 nitrogen and oxygen atoms in total. The van der Waals surface area contributed by atoms with Crippen LogP contribution in [0, 0.1) is 12.7 Å². The maximum absolute atomic E-state index is 14.1. The third-order valence-corrected chi connectivity index (χ3v) is 5.31. The van der Waals surface area contributed by atoms with E-state index in [1.165, 1.54) is 22.9 Å². The zero-order chi connectivity index (χ0) is 24.1. The molecule has 1 unspecified atom stereocenters. The summed E-state index contributed by atoms with van der Waals surface area (Å²) in [7, 11) is 3.15. The van der Waals surface area contributed by atoms with Gasteiger partial charge in [-0.05, 0) is 54.4 Å². The number of hydrogen-bond acceptors (Lipinski definition) is 5. The van der Waals surface area contributed by atoms with Crippen LogP contribution >= 0.6 is 0 Å². The number of nitrogens with one attached hydrogen (secondary N) is 1. The van der Waals surface area contributed by atoms with Crippen LogP contribution in [0.2, 0.25) is 0 Å². The summed E-state index contributed by atoms with van der Waals surface area (Å²) in [5.74, 6) is -0.277. The largest absolute Gasteiger partial charge is 0.497 e. The number of fused-ring (bicyclic) bond motifs is 1. The molecule has 1 amide bonds. The van der Waals surface area contributed by atoms with Gasteiger partial charge in [0.25, 0.3) is 5.91 Å². The molecular formula is C25H24FN5O3. The highest BCUT2D eigenvalue weighted by molar-refractivity contribution is 6.04. The fraction of sp³-hybridized carbons (Fsp3) is 0.200. The van der Waals surface area contributed by atoms with E-state index in [0.29, 0.717) is 23.0 Å². The Balaban J connectivity index is 1.70. The molecule has 1 heterocycles. The molecule has 0 aliphatic carbocycles. The van der Waals surface area contributed by atoms with Gasteiger partial charge in [0.2, 0.25) is 5.96 Å². The lowest BCUT2D eigenvalue weighted by atomic mass is 10.1. The fourth-order valence-corrected chi connectivity index (χ4v) is 3.40. The highest BCUT2D eigenvalue weighted by Gasteiger charge is 2.18. The normalized spacial score (nSPS) is 12.5. The van der Waals surface area contributed by atoms with Crippen molar-refractivity contribution in [3.05, 3.63) is 89.2 Å². The zero-order valence-corrected chi connectivity index (χ0v) is 19.0. The molecule has 0 fully saturated rings. The summed E-state index contributed by atoms with van der Waals surface area (Å²) in [5, 5.41) is 11.5. The van der Waals surface area contributed by atoms with Gasteiger partial charge in [0, 0.05) is 19.1 Å². The van der Waals surface area contributed by atoms with E-state index >= 15 is 0 Å². The van der Waals surface area contributed by atoms with Gasteiger partial charge in [0.15, 0.2) is 0 Å². The summed E-state index contributed by atoms with van der Waals surface area (Å²) in [6.45, 7) is 1.63. The second-order valence-corrected chi connectivity index (χ2v) is 7.62. The maximum atomic E-state index is 14.1. The summed E-state index contributed by atoms with van der Waals surface area (Å²) in [4.78, 5) is 17.2. The quantitative estimate of drug-likeness (QED) is 0.267. The minimum absolute atomic E-state index is 0.106. The Morgan fingerprint density at radius 1 is 1.12 bits per heavy atom. The van der Waals surface area contributed by atoms with Crippen molar-refractivity contribution in [2.24, 2.45) is 4.99 Å². The summed E-state index contributed by atoms with van der Waals surface area (Å²) in [6, 6.07) is 19.1. The third kappa shape index (κ3) is 5.10. The van der Waals surface area contributed by atoms with E-state index in [2.05, 4.69) is 20.6 Å². The Kier molecular flexibility index (Phi) is 6.93. The number of amides is 1. The molecule has 1 N–H and O–H groups in total. The van der Waals surface area contributed by atoms with E-state index in [9.17, 15) is 9.18 Å². The lowest BCUT2D eigenvalue weighted by Crippen LogP contribution is -2.42. The van der Waals surface area contributed by atoms with Crippen molar-refractivity contribution >= 4 is 22.9 Å². The van der Waals surface area contributed by atoms with Crippen LogP contribution in [0.5, 0.6) is 5.75 Å². The Hall–Kier alpha value is -4.11. The molecule has 4 rings (SSSR count). The summed E-state index contributed by atoms with van der Waals surface area (Å²) >= 11 is 0. The van der Waals surface area contributed by atoms with E-state index in [-0.39, 0.29) is 11.5 Å². The van der Waals surface area contributed by atoms with Crippen molar-refractivity contribution in [3.8, 4) is 5.75 Å². The molecule has 174 valence electrons. The first-order chi connectivity index (χ1) is 16.5. The number of halogens is 1. The number of aliphatic imine (C=N–C) groups is 1. The molecule has 0 aliphatic rings. The SMILES string of the molecule is COc1cccc(CC(NC(=NC(=O)c2ccc(C)c(F)c2)n2nnc3ccccc32)OC)c1. The van der Waals surface area contributed by atoms with Gasteiger partial charge in [-0.3, -0.25) is 4.79 Å². The minimum Gasteiger partial charge on any atom is -0.497 e. The van der Waals surface area contributed by atoms with Crippen LogP contribution in [-0.2, 0) is 11.2 Å². The molecule has 0 radical (unpaired) electrons. The average molecular weight is 461 g/mol. The summed E-state index contributed by atoms with van der Waals surface area (Å²) in [5.41, 5.74) is 2.79. The van der Waals surface area contributed by atoms with Crippen LogP contribution < -0.4 is 10.1 Å². The number of carbonyl (C=O) groups excluding carboxylic acids is 1. The molecule has 1 atom stereocenters. The zero-order valence-electron chi connectivity index (χ0n) is 19.0. The summed E-state index contributed by atoms with van der Waals surface area (Å²) < 4.78 is 26.4. The average Bonchev–Trinajstić information content (AvgIpc) is 3.29. The molecule has 0 saturated heterocycles. The lowest BCUT2D eigenvalue weighted by Gasteiger charge is -2.20. The molecule has 0 bridgehead atoms. The number of aromatic nitrogens is 3. The van der Waals surface area contributed by atoms with Gasteiger partial charge in [-0.1, -0.05) is 35.5 Å². The fourth-order valence-electron chi connectivity index (χ4n) is 3.40. The van der Waals surface area contributed by atoms with Crippen LogP contribution in [0.15, 0.2) is 71.7 Å². The van der Waals surface area contributed by atoms with E-state index < -0.39 is 18.0 Å². The molecule has 3 aromatic carbocycles. The number of nitrogens with zero attached hydrogens (tertiary/aromatic N) is 4. The molecule has 0 aliphatic heterocycles. The molecule has 1 aromatic heterocycles. The van der Waals surface area contributed by atoms with Crippen LogP contribution in [-0.4, -0.2) is 47.3 Å². The molecule has 34 heavy (non-hydrogen) atoms. The molecule has 9 heteroatoms. The second kappa shape index (κ2) is 10.2. The number of rotatable bonds is 6. The van der Waals surface area contributed by atoms with Gasteiger partial charge in [0.1, 0.15) is 23.3 Å². The Morgan fingerprint density at radius 2 is 1.94 bits per heavy atom. The van der Waals surface area contributed by atoms with Gasteiger partial charge in [-0.15, -0.1) is 5.10 Å². The highest BCUT2D eigenvalue weighted by Crippen LogP contribution is 2.16. The number of ether oxygens (including phenoxy) is 2. The predicted molar refractivity (Wildman–Crippen MR) is 126 cm³/mol. The first kappa shape index (κ1) is 23.1. The maximum Gasteiger partial charge on any atom is 0.280 e. The van der Waals surface area contributed by atoms with Crippen molar-refractivity contribution in [2.75, 3.05) is 14.2 Å². The van der Waals surface area contributed by atoms with Crippen molar-refractivity contribution in [2.45, 2.75) is 19.6 Å². The van der Waals surface area contributed by atoms with Gasteiger partial charge in [-0.25, -0.2) is 4.39 Å². The van der Waals surface area contributed by atoms with Gasteiger partial charge >= 0.3 is 0 Å².